The summed E-state index contributed by atoms with van der Waals surface area (Å²) in [6, 6.07) is 21.6. The zero-order chi connectivity index (χ0) is 23.7. The van der Waals surface area contributed by atoms with Crippen LogP contribution in [-0.4, -0.2) is 53.6 Å². The lowest BCUT2D eigenvalue weighted by molar-refractivity contribution is 0.0630. The molecule has 0 unspecified atom stereocenters. The minimum absolute atomic E-state index is 0.0621. The lowest BCUT2D eigenvalue weighted by atomic mass is 10.1. The number of methoxy groups -OCH3 is 1. The fourth-order valence-corrected chi connectivity index (χ4v) is 4.82. The topological polar surface area (TPSA) is 37.7 Å². The van der Waals surface area contributed by atoms with Crippen molar-refractivity contribution in [2.45, 2.75) is 6.54 Å². The molecule has 2 heterocycles. The number of hydrogen-bond acceptors (Lipinski definition) is 3. The third-order valence-corrected chi connectivity index (χ3v) is 7.06. The van der Waals surface area contributed by atoms with E-state index in [2.05, 4.69) is 9.47 Å². The van der Waals surface area contributed by atoms with Gasteiger partial charge in [-0.25, -0.2) is 0 Å². The minimum atomic E-state index is 0.0621. The molecule has 0 radical (unpaired) electrons. The molecule has 0 saturated carbocycles. The van der Waals surface area contributed by atoms with Gasteiger partial charge in [0.25, 0.3) is 5.91 Å². The molecule has 1 saturated heterocycles. The molecule has 7 heteroatoms. The molecule has 1 aliphatic heterocycles. The Hall–Kier alpha value is -2.99. The van der Waals surface area contributed by atoms with Crippen molar-refractivity contribution in [3.8, 4) is 11.4 Å². The van der Waals surface area contributed by atoms with E-state index in [1.165, 1.54) is 0 Å². The quantitative estimate of drug-likeness (QED) is 0.347. The van der Waals surface area contributed by atoms with E-state index >= 15 is 0 Å². The third kappa shape index (κ3) is 4.51. The molecule has 1 aromatic heterocycles. The van der Waals surface area contributed by atoms with Crippen LogP contribution in [0.3, 0.4) is 0 Å². The van der Waals surface area contributed by atoms with Crippen LogP contribution in [0.2, 0.25) is 10.0 Å². The summed E-state index contributed by atoms with van der Waals surface area (Å²) in [5, 5.41) is 2.09. The molecule has 4 aromatic rings. The van der Waals surface area contributed by atoms with Gasteiger partial charge in [0.1, 0.15) is 5.75 Å². The van der Waals surface area contributed by atoms with Gasteiger partial charge >= 0.3 is 0 Å². The van der Waals surface area contributed by atoms with Crippen molar-refractivity contribution >= 4 is 40.0 Å². The number of halogens is 2. The highest BCUT2D eigenvalue weighted by Gasteiger charge is 2.25. The van der Waals surface area contributed by atoms with Gasteiger partial charge in [0, 0.05) is 56.1 Å². The number of carbonyl (C=O) groups excluding carboxylic acids is 1. The number of rotatable bonds is 5. The van der Waals surface area contributed by atoms with E-state index in [-0.39, 0.29) is 5.91 Å². The second-order valence-electron chi connectivity index (χ2n) is 8.45. The first-order chi connectivity index (χ1) is 16.5. The Balaban J connectivity index is 1.34. The van der Waals surface area contributed by atoms with Gasteiger partial charge in [0.2, 0.25) is 0 Å². The predicted molar refractivity (Wildman–Crippen MR) is 137 cm³/mol. The van der Waals surface area contributed by atoms with Gasteiger partial charge in [-0.1, -0.05) is 53.5 Å². The SMILES string of the molecule is COc1cccc(-n2cc(C(=O)N3CCN(Cc4ccc(Cl)c(Cl)c4)CC3)c3ccccc32)c1. The number of amides is 1. The first kappa shape index (κ1) is 22.8. The van der Waals surface area contributed by atoms with E-state index in [9.17, 15) is 4.79 Å². The van der Waals surface area contributed by atoms with Crippen LogP contribution in [0.4, 0.5) is 0 Å². The summed E-state index contributed by atoms with van der Waals surface area (Å²) < 4.78 is 7.46. The number of piperazine rings is 1. The van der Waals surface area contributed by atoms with E-state index in [1.54, 1.807) is 7.11 Å². The van der Waals surface area contributed by atoms with E-state index in [1.807, 2.05) is 77.8 Å². The summed E-state index contributed by atoms with van der Waals surface area (Å²) in [5.41, 5.74) is 3.80. The molecule has 174 valence electrons. The van der Waals surface area contributed by atoms with Crippen molar-refractivity contribution in [2.24, 2.45) is 0 Å². The van der Waals surface area contributed by atoms with Crippen LogP contribution >= 0.6 is 23.2 Å². The van der Waals surface area contributed by atoms with E-state index < -0.39 is 0 Å². The normalized spacial score (nSPS) is 14.5. The Morgan fingerprint density at radius 1 is 0.912 bits per heavy atom. The molecule has 0 aliphatic carbocycles. The monoisotopic (exact) mass is 493 g/mol. The average Bonchev–Trinajstić information content (AvgIpc) is 3.26. The fraction of sp³-hybridized carbons (Fsp3) is 0.222. The molecule has 3 aromatic carbocycles. The fourth-order valence-electron chi connectivity index (χ4n) is 4.50. The van der Waals surface area contributed by atoms with Crippen LogP contribution in [0.1, 0.15) is 15.9 Å². The highest BCUT2D eigenvalue weighted by molar-refractivity contribution is 6.42. The van der Waals surface area contributed by atoms with Crippen LogP contribution in [0.25, 0.3) is 16.6 Å². The maximum atomic E-state index is 13.6. The number of fused-ring (bicyclic) bond motifs is 1. The Bertz CT molecular complexity index is 1340. The summed E-state index contributed by atoms with van der Waals surface area (Å²) in [6.07, 6.45) is 1.95. The molecule has 5 nitrogen and oxygen atoms in total. The molecule has 1 aliphatic rings. The summed E-state index contributed by atoms with van der Waals surface area (Å²) in [7, 11) is 1.66. The number of para-hydroxylation sites is 1. The lowest BCUT2D eigenvalue weighted by Crippen LogP contribution is -2.48. The van der Waals surface area contributed by atoms with Crippen molar-refractivity contribution in [2.75, 3.05) is 33.3 Å². The van der Waals surface area contributed by atoms with Gasteiger partial charge in [-0.05, 0) is 35.9 Å². The number of benzene rings is 3. The third-order valence-electron chi connectivity index (χ3n) is 6.32. The number of ether oxygens (including phenoxy) is 1. The molecule has 1 amide bonds. The van der Waals surface area contributed by atoms with Gasteiger partial charge in [-0.2, -0.15) is 0 Å². The second kappa shape index (κ2) is 9.71. The standard InChI is InChI=1S/C27H25Cl2N3O2/c1-34-21-6-4-5-20(16-21)32-18-23(22-7-2-3-8-26(22)32)27(33)31-13-11-30(12-14-31)17-19-9-10-24(28)25(29)15-19/h2-10,15-16,18H,11-14,17H2,1H3. The smallest absolute Gasteiger partial charge is 0.256 e. The minimum Gasteiger partial charge on any atom is -0.497 e. The molecule has 0 bridgehead atoms. The molecular weight excluding hydrogens is 469 g/mol. The number of hydrogen-bond donors (Lipinski definition) is 0. The number of nitrogens with zero attached hydrogens (tertiary/aromatic N) is 3. The van der Waals surface area contributed by atoms with Crippen molar-refractivity contribution in [3.63, 3.8) is 0 Å². The van der Waals surface area contributed by atoms with Crippen LogP contribution in [-0.2, 0) is 6.54 Å². The van der Waals surface area contributed by atoms with Gasteiger partial charge in [0.05, 0.1) is 28.2 Å². The van der Waals surface area contributed by atoms with Gasteiger partial charge in [-0.3, -0.25) is 9.69 Å². The largest absolute Gasteiger partial charge is 0.497 e. The Labute approximate surface area is 209 Å². The van der Waals surface area contributed by atoms with Gasteiger partial charge < -0.3 is 14.2 Å². The molecule has 0 N–H and O–H groups in total. The predicted octanol–water partition coefficient (Wildman–Crippen LogP) is 5.90. The zero-order valence-corrected chi connectivity index (χ0v) is 20.4. The van der Waals surface area contributed by atoms with Crippen molar-refractivity contribution in [1.82, 2.24) is 14.4 Å². The van der Waals surface area contributed by atoms with E-state index in [4.69, 9.17) is 27.9 Å². The maximum Gasteiger partial charge on any atom is 0.256 e. The van der Waals surface area contributed by atoms with Crippen LogP contribution < -0.4 is 4.74 Å². The molecule has 5 rings (SSSR count). The maximum absolute atomic E-state index is 13.6. The first-order valence-corrected chi connectivity index (χ1v) is 12.0. The molecule has 0 atom stereocenters. The Morgan fingerprint density at radius 3 is 2.47 bits per heavy atom. The van der Waals surface area contributed by atoms with Crippen molar-refractivity contribution in [3.05, 3.63) is 94.1 Å². The zero-order valence-electron chi connectivity index (χ0n) is 18.9. The van der Waals surface area contributed by atoms with Gasteiger partial charge in [-0.15, -0.1) is 0 Å². The number of aromatic nitrogens is 1. The molecule has 0 spiro atoms. The second-order valence-corrected chi connectivity index (χ2v) is 9.26. The highest BCUT2D eigenvalue weighted by atomic mass is 35.5. The summed E-state index contributed by atoms with van der Waals surface area (Å²) in [6.45, 7) is 3.76. The summed E-state index contributed by atoms with van der Waals surface area (Å²) in [5.74, 6) is 0.841. The summed E-state index contributed by atoms with van der Waals surface area (Å²) in [4.78, 5) is 17.8. The Morgan fingerprint density at radius 2 is 1.71 bits per heavy atom. The van der Waals surface area contributed by atoms with Crippen molar-refractivity contribution < 1.29 is 9.53 Å². The Kier molecular flexibility index (Phi) is 6.50. The summed E-state index contributed by atoms with van der Waals surface area (Å²) >= 11 is 12.2. The van der Waals surface area contributed by atoms with Gasteiger partial charge in [0.15, 0.2) is 0 Å². The average molecular weight is 494 g/mol. The van der Waals surface area contributed by atoms with Crippen LogP contribution in [0, 0.1) is 0 Å². The molecule has 1 fully saturated rings. The van der Waals surface area contributed by atoms with E-state index in [0.717, 1.165) is 53.1 Å². The molecule has 34 heavy (non-hydrogen) atoms. The first-order valence-electron chi connectivity index (χ1n) is 11.2. The van der Waals surface area contributed by atoms with Crippen LogP contribution in [0.5, 0.6) is 5.75 Å². The molecular formula is C27H25Cl2N3O2. The lowest BCUT2D eigenvalue weighted by Gasteiger charge is -2.34. The number of carbonyl (C=O) groups is 1. The van der Waals surface area contributed by atoms with Crippen LogP contribution in [0.15, 0.2) is 72.9 Å². The van der Waals surface area contributed by atoms with Crippen molar-refractivity contribution in [1.29, 1.82) is 0 Å². The highest BCUT2D eigenvalue weighted by Crippen LogP contribution is 2.28. The van der Waals surface area contributed by atoms with E-state index in [0.29, 0.717) is 23.1 Å².